The summed E-state index contributed by atoms with van der Waals surface area (Å²) < 4.78 is 15.6. The van der Waals surface area contributed by atoms with Crippen LogP contribution >= 0.6 is 0 Å². The van der Waals surface area contributed by atoms with Crippen molar-refractivity contribution in [2.45, 2.75) is 0 Å². The molecule has 0 aliphatic heterocycles. The highest BCUT2D eigenvalue weighted by Gasteiger charge is 2.23. The van der Waals surface area contributed by atoms with Gasteiger partial charge < -0.3 is 13.4 Å². The van der Waals surface area contributed by atoms with Crippen LogP contribution < -0.4 is 0 Å². The molecular formula is C57H34N4O2. The fourth-order valence-corrected chi connectivity index (χ4v) is 9.42. The first kappa shape index (κ1) is 35.2. The minimum atomic E-state index is 0.547. The summed E-state index contributed by atoms with van der Waals surface area (Å²) >= 11 is 0. The smallest absolute Gasteiger partial charge is 0.164 e. The minimum absolute atomic E-state index is 0.547. The molecule has 63 heavy (non-hydrogen) atoms. The second-order valence-electron chi connectivity index (χ2n) is 15.9. The maximum Gasteiger partial charge on any atom is 0.164 e. The predicted molar refractivity (Wildman–Crippen MR) is 256 cm³/mol. The van der Waals surface area contributed by atoms with Crippen LogP contribution in [0.3, 0.4) is 0 Å². The van der Waals surface area contributed by atoms with E-state index < -0.39 is 0 Å². The van der Waals surface area contributed by atoms with Crippen molar-refractivity contribution in [2.24, 2.45) is 0 Å². The number of hydrogen-bond donors (Lipinski definition) is 0. The van der Waals surface area contributed by atoms with E-state index >= 15 is 0 Å². The summed E-state index contributed by atoms with van der Waals surface area (Å²) in [6.45, 7) is 0. The molecule has 0 amide bonds. The number of nitrogens with zero attached hydrogens (tertiary/aromatic N) is 4. The summed E-state index contributed by atoms with van der Waals surface area (Å²) in [4.78, 5) is 15.6. The van der Waals surface area contributed by atoms with Crippen LogP contribution in [-0.4, -0.2) is 19.5 Å². The molecule has 0 saturated carbocycles. The third-order valence-corrected chi connectivity index (χ3v) is 12.3. The third-order valence-electron chi connectivity index (χ3n) is 12.3. The predicted octanol–water partition coefficient (Wildman–Crippen LogP) is 15.1. The van der Waals surface area contributed by atoms with Crippen LogP contribution in [-0.2, 0) is 0 Å². The zero-order chi connectivity index (χ0) is 41.4. The Balaban J connectivity index is 0.990. The summed E-state index contributed by atoms with van der Waals surface area (Å²) in [5, 5.41) is 6.43. The fourth-order valence-electron chi connectivity index (χ4n) is 9.42. The van der Waals surface area contributed by atoms with Crippen molar-refractivity contribution in [1.29, 1.82) is 0 Å². The van der Waals surface area contributed by atoms with E-state index in [0.29, 0.717) is 17.5 Å². The fraction of sp³-hybridized carbons (Fsp3) is 0. The van der Waals surface area contributed by atoms with Gasteiger partial charge in [0.2, 0.25) is 0 Å². The van der Waals surface area contributed by atoms with E-state index in [9.17, 15) is 0 Å². The topological polar surface area (TPSA) is 69.9 Å². The van der Waals surface area contributed by atoms with Gasteiger partial charge in [0.15, 0.2) is 17.5 Å². The van der Waals surface area contributed by atoms with Crippen molar-refractivity contribution in [3.8, 4) is 62.1 Å². The number of hydrogen-bond acceptors (Lipinski definition) is 5. The lowest BCUT2D eigenvalue weighted by molar-refractivity contribution is 0.668. The molecule has 6 nitrogen and oxygen atoms in total. The first-order chi connectivity index (χ1) is 31.2. The van der Waals surface area contributed by atoms with Gasteiger partial charge in [-0.25, -0.2) is 15.0 Å². The van der Waals surface area contributed by atoms with Gasteiger partial charge in [-0.1, -0.05) is 158 Å². The highest BCUT2D eigenvalue weighted by atomic mass is 16.3. The molecule has 4 aromatic heterocycles. The average Bonchev–Trinajstić information content (AvgIpc) is 4.04. The first-order valence-corrected chi connectivity index (χ1v) is 21.1. The van der Waals surface area contributed by atoms with E-state index in [-0.39, 0.29) is 0 Å². The van der Waals surface area contributed by atoms with Crippen molar-refractivity contribution in [1.82, 2.24) is 19.5 Å². The maximum absolute atomic E-state index is 6.65. The quantitative estimate of drug-likeness (QED) is 0.167. The highest BCUT2D eigenvalue weighted by molar-refractivity contribution is 6.18. The second kappa shape index (κ2) is 14.0. The van der Waals surface area contributed by atoms with Crippen molar-refractivity contribution in [3.63, 3.8) is 0 Å². The molecule has 0 N–H and O–H groups in total. The monoisotopic (exact) mass is 806 g/mol. The van der Waals surface area contributed by atoms with Crippen molar-refractivity contribution >= 4 is 65.7 Å². The Morgan fingerprint density at radius 3 is 1.52 bits per heavy atom. The molecule has 4 heterocycles. The van der Waals surface area contributed by atoms with Gasteiger partial charge in [-0.3, -0.25) is 0 Å². The molecular weight excluding hydrogens is 773 g/mol. The molecule has 0 aliphatic rings. The van der Waals surface area contributed by atoms with Crippen molar-refractivity contribution in [3.05, 3.63) is 206 Å². The standard InChI is InChI=1S/C57H34N4O2/c1-3-14-35(15-4-1)36-28-30-37(31-29-36)40-20-11-25-48-52(40)43-33-32-39(34-51(43)63-48)56-58-55(38-16-5-2-6-17-38)59-57(60-56)44-21-12-26-49-53(44)54-47(24-13-27-50(54)62-49)61-45-22-9-7-18-41(45)42-19-8-10-23-46(42)61/h1-34H. The summed E-state index contributed by atoms with van der Waals surface area (Å²) in [5.41, 5.74) is 13.6. The molecule has 0 unspecified atom stereocenters. The normalized spacial score (nSPS) is 11.8. The van der Waals surface area contributed by atoms with Crippen LogP contribution in [0.25, 0.3) is 128 Å². The lowest BCUT2D eigenvalue weighted by Gasteiger charge is -2.11. The second-order valence-corrected chi connectivity index (χ2v) is 15.9. The van der Waals surface area contributed by atoms with E-state index in [2.05, 4.69) is 150 Å². The van der Waals surface area contributed by atoms with Gasteiger partial charge in [-0.15, -0.1) is 0 Å². The Kier molecular flexibility index (Phi) is 7.80. The zero-order valence-corrected chi connectivity index (χ0v) is 33.7. The molecule has 0 saturated heterocycles. The average molecular weight is 807 g/mol. The molecule has 13 aromatic rings. The number of rotatable bonds is 6. The van der Waals surface area contributed by atoms with Crippen LogP contribution in [0.4, 0.5) is 0 Å². The SMILES string of the molecule is c1ccc(-c2ccc(-c3cccc4oc5cc(-c6nc(-c7ccccc7)nc(-c7cccc8oc9cccc(-n%10c%11ccccc%11c%11ccccc%11%10)c9c78)n6)ccc5c34)cc2)cc1. The molecule has 0 spiro atoms. The van der Waals surface area contributed by atoms with Crippen molar-refractivity contribution < 1.29 is 8.83 Å². The molecule has 0 fully saturated rings. The number of fused-ring (bicyclic) bond motifs is 9. The molecule has 0 atom stereocenters. The Bertz CT molecular complexity index is 3850. The van der Waals surface area contributed by atoms with E-state index in [1.807, 2.05) is 60.7 Å². The lowest BCUT2D eigenvalue weighted by Crippen LogP contribution is -2.00. The molecule has 6 heteroatoms. The molecule has 0 bridgehead atoms. The van der Waals surface area contributed by atoms with Gasteiger partial charge in [-0.2, -0.15) is 0 Å². The van der Waals surface area contributed by atoms with Gasteiger partial charge in [-0.05, 0) is 70.8 Å². The van der Waals surface area contributed by atoms with Gasteiger partial charge in [0.25, 0.3) is 0 Å². The van der Waals surface area contributed by atoms with Crippen molar-refractivity contribution in [2.75, 3.05) is 0 Å². The van der Waals surface area contributed by atoms with E-state index in [1.165, 1.54) is 21.9 Å². The van der Waals surface area contributed by atoms with Gasteiger partial charge in [0.1, 0.15) is 22.3 Å². The Morgan fingerprint density at radius 2 is 0.810 bits per heavy atom. The van der Waals surface area contributed by atoms with Gasteiger partial charge >= 0.3 is 0 Å². The number of aromatic nitrogens is 4. The largest absolute Gasteiger partial charge is 0.456 e. The lowest BCUT2D eigenvalue weighted by atomic mass is 9.96. The minimum Gasteiger partial charge on any atom is -0.456 e. The molecule has 294 valence electrons. The zero-order valence-electron chi connectivity index (χ0n) is 33.7. The Labute approximate surface area is 361 Å². The maximum atomic E-state index is 6.65. The number of para-hydroxylation sites is 2. The molecule has 0 aliphatic carbocycles. The summed E-state index contributed by atoms with van der Waals surface area (Å²) in [5.74, 6) is 1.68. The van der Waals surface area contributed by atoms with E-state index in [1.54, 1.807) is 0 Å². The Morgan fingerprint density at radius 1 is 0.302 bits per heavy atom. The van der Waals surface area contributed by atoms with E-state index in [0.717, 1.165) is 88.4 Å². The number of benzene rings is 9. The molecule has 13 rings (SSSR count). The van der Waals surface area contributed by atoms with Gasteiger partial charge in [0.05, 0.1) is 22.1 Å². The molecule has 9 aromatic carbocycles. The van der Waals surface area contributed by atoms with E-state index in [4.69, 9.17) is 23.8 Å². The summed E-state index contributed by atoms with van der Waals surface area (Å²) in [6, 6.07) is 71.4. The van der Waals surface area contributed by atoms with Crippen LogP contribution in [0.5, 0.6) is 0 Å². The van der Waals surface area contributed by atoms with Gasteiger partial charge in [0, 0.05) is 43.6 Å². The number of furan rings is 2. The third kappa shape index (κ3) is 5.62. The summed E-state index contributed by atoms with van der Waals surface area (Å²) in [7, 11) is 0. The van der Waals surface area contributed by atoms with Crippen LogP contribution in [0.2, 0.25) is 0 Å². The van der Waals surface area contributed by atoms with Crippen LogP contribution in [0.15, 0.2) is 215 Å². The molecule has 0 radical (unpaired) electrons. The van der Waals surface area contributed by atoms with Crippen LogP contribution in [0, 0.1) is 0 Å². The summed E-state index contributed by atoms with van der Waals surface area (Å²) in [6.07, 6.45) is 0. The highest BCUT2D eigenvalue weighted by Crippen LogP contribution is 2.43. The van der Waals surface area contributed by atoms with Crippen LogP contribution in [0.1, 0.15) is 0 Å². The first-order valence-electron chi connectivity index (χ1n) is 21.1. The Hall–Kier alpha value is -8.61.